The van der Waals surface area contributed by atoms with Crippen LogP contribution in [0.4, 0.5) is 10.5 Å². The Balaban J connectivity index is 1.77. The number of carbonyl (C=O) groups excluding carboxylic acids is 1. The number of anilines is 1. The van der Waals surface area contributed by atoms with E-state index in [0.717, 1.165) is 44.7 Å². The van der Waals surface area contributed by atoms with E-state index in [1.54, 1.807) is 11.2 Å². The zero-order valence-electron chi connectivity index (χ0n) is 13.8. The van der Waals surface area contributed by atoms with E-state index in [-0.39, 0.29) is 6.09 Å². The molecule has 5 rings (SSSR count). The minimum absolute atomic E-state index is 0.261. The van der Waals surface area contributed by atoms with Gasteiger partial charge in [-0.25, -0.2) is 14.8 Å². The maximum atomic E-state index is 12.2. The standard InChI is InChI=1S/C18H15BrN4O2/c1-18(2)12-8-11(7-10-5-6-22(15(10)12)17(24)25-18)23-9-20-13-3-4-14(19)21-16(13)23/h3-4,7-9H,5-6H2,1-2H3. The fourth-order valence-corrected chi connectivity index (χ4v) is 4.00. The number of hydrogen-bond acceptors (Lipinski definition) is 4. The summed E-state index contributed by atoms with van der Waals surface area (Å²) in [6, 6.07) is 8.02. The number of ether oxygens (including phenoxy) is 1. The Kier molecular flexibility index (Phi) is 2.87. The second-order valence-electron chi connectivity index (χ2n) is 6.87. The van der Waals surface area contributed by atoms with Gasteiger partial charge < -0.3 is 4.74 Å². The number of imidazole rings is 1. The zero-order valence-corrected chi connectivity index (χ0v) is 15.4. The first-order valence-electron chi connectivity index (χ1n) is 8.12. The minimum Gasteiger partial charge on any atom is -0.438 e. The molecule has 3 aromatic rings. The number of hydrogen-bond donors (Lipinski definition) is 0. The molecule has 1 amide bonds. The second kappa shape index (κ2) is 4.82. The van der Waals surface area contributed by atoms with Crippen molar-refractivity contribution in [3.05, 3.63) is 46.3 Å². The Morgan fingerprint density at radius 2 is 2.12 bits per heavy atom. The lowest BCUT2D eigenvalue weighted by Gasteiger charge is -2.37. The molecule has 2 aliphatic rings. The van der Waals surface area contributed by atoms with E-state index in [0.29, 0.717) is 6.54 Å². The molecule has 0 fully saturated rings. The maximum Gasteiger partial charge on any atom is 0.415 e. The van der Waals surface area contributed by atoms with E-state index in [4.69, 9.17) is 4.74 Å². The Bertz CT molecular complexity index is 1060. The van der Waals surface area contributed by atoms with Crippen molar-refractivity contribution in [1.82, 2.24) is 14.5 Å². The van der Waals surface area contributed by atoms with Gasteiger partial charge in [0.25, 0.3) is 0 Å². The van der Waals surface area contributed by atoms with E-state index in [1.165, 1.54) is 0 Å². The predicted octanol–water partition coefficient (Wildman–Crippen LogP) is 3.93. The fourth-order valence-electron chi connectivity index (χ4n) is 3.70. The highest BCUT2D eigenvalue weighted by Gasteiger charge is 2.42. The molecular formula is C18H15BrN4O2. The van der Waals surface area contributed by atoms with Gasteiger partial charge >= 0.3 is 6.09 Å². The summed E-state index contributed by atoms with van der Waals surface area (Å²) in [4.78, 5) is 23.0. The average Bonchev–Trinajstić information content (AvgIpc) is 3.15. The van der Waals surface area contributed by atoms with Gasteiger partial charge in [0.2, 0.25) is 0 Å². The number of carbonyl (C=O) groups is 1. The number of benzene rings is 1. The largest absolute Gasteiger partial charge is 0.438 e. The maximum absolute atomic E-state index is 12.2. The molecule has 0 N–H and O–H groups in total. The summed E-state index contributed by atoms with van der Waals surface area (Å²) in [7, 11) is 0. The number of rotatable bonds is 1. The SMILES string of the molecule is CC1(C)OC(=O)N2CCc3cc(-n4cnc5ccc(Br)nc54)cc1c32. The van der Waals surface area contributed by atoms with Crippen molar-refractivity contribution in [2.75, 3.05) is 11.4 Å². The van der Waals surface area contributed by atoms with Crippen molar-refractivity contribution in [3.8, 4) is 5.69 Å². The average molecular weight is 399 g/mol. The summed E-state index contributed by atoms with van der Waals surface area (Å²) in [5, 5.41) is 0. The molecule has 6 nitrogen and oxygen atoms in total. The quantitative estimate of drug-likeness (QED) is 0.582. The van der Waals surface area contributed by atoms with E-state index >= 15 is 0 Å². The summed E-state index contributed by atoms with van der Waals surface area (Å²) in [6.45, 7) is 4.52. The van der Waals surface area contributed by atoms with Crippen LogP contribution in [0.5, 0.6) is 0 Å². The van der Waals surface area contributed by atoms with Crippen LogP contribution in [0.1, 0.15) is 25.0 Å². The van der Waals surface area contributed by atoms with Gasteiger partial charge in [-0.3, -0.25) is 9.47 Å². The molecule has 4 heterocycles. The van der Waals surface area contributed by atoms with Crippen LogP contribution in [-0.2, 0) is 16.8 Å². The molecule has 7 heteroatoms. The van der Waals surface area contributed by atoms with Crippen LogP contribution in [0, 0.1) is 0 Å². The summed E-state index contributed by atoms with van der Waals surface area (Å²) in [6.07, 6.45) is 2.35. The highest BCUT2D eigenvalue weighted by molar-refractivity contribution is 9.10. The van der Waals surface area contributed by atoms with E-state index < -0.39 is 5.60 Å². The van der Waals surface area contributed by atoms with Gasteiger partial charge in [-0.2, -0.15) is 0 Å². The van der Waals surface area contributed by atoms with Gasteiger partial charge in [0.05, 0.1) is 5.69 Å². The van der Waals surface area contributed by atoms with Crippen LogP contribution in [0.2, 0.25) is 0 Å². The molecule has 1 aromatic carbocycles. The first-order valence-corrected chi connectivity index (χ1v) is 8.91. The van der Waals surface area contributed by atoms with Gasteiger partial charge in [0.1, 0.15) is 22.0 Å². The fraction of sp³-hybridized carbons (Fsp3) is 0.278. The molecule has 2 aliphatic heterocycles. The number of aromatic nitrogens is 3. The van der Waals surface area contributed by atoms with Crippen LogP contribution in [0.15, 0.2) is 35.2 Å². The van der Waals surface area contributed by atoms with Crippen molar-refractivity contribution < 1.29 is 9.53 Å². The van der Waals surface area contributed by atoms with Gasteiger partial charge in [-0.05, 0) is 66.0 Å². The summed E-state index contributed by atoms with van der Waals surface area (Å²) in [5.41, 5.74) is 5.13. The zero-order chi connectivity index (χ0) is 17.3. The first-order chi connectivity index (χ1) is 11.9. The molecule has 0 radical (unpaired) electrons. The topological polar surface area (TPSA) is 60.2 Å². The van der Waals surface area contributed by atoms with Crippen LogP contribution < -0.4 is 4.90 Å². The van der Waals surface area contributed by atoms with Crippen LogP contribution >= 0.6 is 15.9 Å². The molecule has 0 atom stereocenters. The van der Waals surface area contributed by atoms with E-state index in [2.05, 4.69) is 38.0 Å². The number of amides is 1. The number of halogens is 1. The van der Waals surface area contributed by atoms with Gasteiger partial charge in [0, 0.05) is 17.8 Å². The van der Waals surface area contributed by atoms with E-state index in [9.17, 15) is 4.79 Å². The molecule has 0 saturated heterocycles. The van der Waals surface area contributed by atoms with Crippen LogP contribution in [0.3, 0.4) is 0 Å². The molecule has 25 heavy (non-hydrogen) atoms. The molecule has 0 saturated carbocycles. The molecule has 0 spiro atoms. The lowest BCUT2D eigenvalue weighted by atomic mass is 9.92. The molecule has 0 aliphatic carbocycles. The van der Waals surface area contributed by atoms with Crippen molar-refractivity contribution in [3.63, 3.8) is 0 Å². The normalized spacial score (nSPS) is 17.7. The third-order valence-electron chi connectivity index (χ3n) is 4.90. The van der Waals surface area contributed by atoms with Gasteiger partial charge in [0.15, 0.2) is 5.65 Å². The smallest absolute Gasteiger partial charge is 0.415 e. The molecule has 0 bridgehead atoms. The third-order valence-corrected chi connectivity index (χ3v) is 5.34. The molecule has 126 valence electrons. The Labute approximate surface area is 152 Å². The van der Waals surface area contributed by atoms with Crippen molar-refractivity contribution >= 4 is 38.9 Å². The second-order valence-corrected chi connectivity index (χ2v) is 7.68. The highest BCUT2D eigenvalue weighted by Crippen LogP contribution is 2.45. The molecule has 2 aromatic heterocycles. The number of cyclic esters (lactones) is 1. The van der Waals surface area contributed by atoms with Crippen LogP contribution in [0.25, 0.3) is 16.9 Å². The lowest BCUT2D eigenvalue weighted by Crippen LogP contribution is -2.42. The highest BCUT2D eigenvalue weighted by atomic mass is 79.9. The van der Waals surface area contributed by atoms with Crippen LogP contribution in [-0.4, -0.2) is 27.2 Å². The molecular weight excluding hydrogens is 384 g/mol. The first kappa shape index (κ1) is 14.9. The third kappa shape index (κ3) is 2.05. The van der Waals surface area contributed by atoms with Crippen molar-refractivity contribution in [1.29, 1.82) is 0 Å². The minimum atomic E-state index is -0.664. The van der Waals surface area contributed by atoms with Crippen molar-refractivity contribution in [2.45, 2.75) is 25.9 Å². The summed E-state index contributed by atoms with van der Waals surface area (Å²) >= 11 is 3.43. The lowest BCUT2D eigenvalue weighted by molar-refractivity contribution is 0.0358. The Morgan fingerprint density at radius 1 is 1.28 bits per heavy atom. The summed E-state index contributed by atoms with van der Waals surface area (Å²) in [5.74, 6) is 0. The van der Waals surface area contributed by atoms with Crippen molar-refractivity contribution in [2.24, 2.45) is 0 Å². The van der Waals surface area contributed by atoms with E-state index in [1.807, 2.05) is 30.5 Å². The number of nitrogens with zero attached hydrogens (tertiary/aromatic N) is 4. The molecule has 0 unspecified atom stereocenters. The summed E-state index contributed by atoms with van der Waals surface area (Å²) < 4.78 is 8.40. The number of pyridine rings is 1. The van der Waals surface area contributed by atoms with Gasteiger partial charge in [-0.1, -0.05) is 0 Å². The van der Waals surface area contributed by atoms with Gasteiger partial charge in [-0.15, -0.1) is 0 Å². The number of fused-ring (bicyclic) bond motifs is 1. The monoisotopic (exact) mass is 398 g/mol. The Hall–Kier alpha value is -2.41. The Morgan fingerprint density at radius 3 is 2.96 bits per heavy atom. The predicted molar refractivity (Wildman–Crippen MR) is 97.1 cm³/mol.